The van der Waals surface area contributed by atoms with E-state index >= 15 is 0 Å². The van der Waals surface area contributed by atoms with Crippen LogP contribution in [0.5, 0.6) is 0 Å². The lowest BCUT2D eigenvalue weighted by atomic mass is 9.92. The van der Waals surface area contributed by atoms with Gasteiger partial charge < -0.3 is 4.42 Å². The van der Waals surface area contributed by atoms with Crippen molar-refractivity contribution >= 4 is 43.8 Å². The summed E-state index contributed by atoms with van der Waals surface area (Å²) in [5.41, 5.74) is 12.8. The Labute approximate surface area is 359 Å². The molecule has 0 unspecified atom stereocenters. The van der Waals surface area contributed by atoms with Gasteiger partial charge in [-0.3, -0.25) is 4.57 Å². The number of furan rings is 1. The topological polar surface area (TPSA) is 39.8 Å². The van der Waals surface area contributed by atoms with Crippen LogP contribution in [0.4, 0.5) is 0 Å². The third kappa shape index (κ3) is 5.78. The number of para-hydroxylation sites is 4. The normalized spacial score (nSPS) is 12.8. The second-order valence-corrected chi connectivity index (χ2v) is 15.1. The Kier molecular flexibility index (Phi) is 6.96. The van der Waals surface area contributed by atoms with Gasteiger partial charge >= 0.3 is 0 Å². The van der Waals surface area contributed by atoms with Crippen molar-refractivity contribution in [1.82, 2.24) is 14.1 Å². The van der Waals surface area contributed by atoms with Crippen LogP contribution in [-0.4, -0.2) is 14.1 Å². The maximum atomic E-state index is 9.05. The zero-order valence-electron chi connectivity index (χ0n) is 37.7. The van der Waals surface area contributed by atoms with Crippen LogP contribution >= 0.6 is 0 Å². The molecule has 0 spiro atoms. The second kappa shape index (κ2) is 14.2. The van der Waals surface area contributed by atoms with Gasteiger partial charge in [0.05, 0.1) is 24.2 Å². The van der Waals surface area contributed by atoms with Crippen LogP contribution in [0.1, 0.15) is 6.85 Å². The van der Waals surface area contributed by atoms with Crippen LogP contribution < -0.4 is 4.57 Å². The second-order valence-electron chi connectivity index (χ2n) is 15.1. The Morgan fingerprint density at radius 2 is 1.23 bits per heavy atom. The van der Waals surface area contributed by atoms with Gasteiger partial charge in [-0.1, -0.05) is 139 Å². The summed E-state index contributed by atoms with van der Waals surface area (Å²) in [6, 6.07) is 58.0. The van der Waals surface area contributed by atoms with Gasteiger partial charge in [-0.15, -0.1) is 0 Å². The van der Waals surface area contributed by atoms with E-state index < -0.39 is 6.04 Å². The van der Waals surface area contributed by atoms with Crippen molar-refractivity contribution in [1.29, 1.82) is 0 Å². The van der Waals surface area contributed by atoms with Crippen LogP contribution in [0.3, 0.4) is 0 Å². The summed E-state index contributed by atoms with van der Waals surface area (Å²) in [7, 11) is 0. The molecule has 0 N–H and O–H groups in total. The lowest BCUT2D eigenvalue weighted by Gasteiger charge is -2.13. The maximum Gasteiger partial charge on any atom is 0.255 e. The number of rotatable bonds is 7. The molecule has 0 saturated carbocycles. The molecular formula is C56H37N4O+. The maximum absolute atomic E-state index is 9.05. The molecule has 0 atom stereocenters. The first kappa shape index (κ1) is 29.9. The first-order valence-electron chi connectivity index (χ1n) is 22.7. The molecule has 8 aromatic carbocycles. The summed E-state index contributed by atoms with van der Waals surface area (Å²) >= 11 is 0. The third-order valence-corrected chi connectivity index (χ3v) is 11.7. The molecule has 0 aliphatic rings. The van der Waals surface area contributed by atoms with Gasteiger partial charge in [-0.2, -0.15) is 9.13 Å². The number of nitrogens with zero attached hydrogens (tertiary/aromatic N) is 4. The van der Waals surface area contributed by atoms with E-state index in [1.165, 1.54) is 0 Å². The van der Waals surface area contributed by atoms with E-state index in [2.05, 4.69) is 105 Å². The molecule has 286 valence electrons. The van der Waals surface area contributed by atoms with E-state index in [1.807, 2.05) is 97.5 Å². The third-order valence-electron chi connectivity index (χ3n) is 11.7. The molecule has 4 aromatic heterocycles. The summed E-state index contributed by atoms with van der Waals surface area (Å²) in [5.74, 6) is 0.846. The molecular weight excluding hydrogens is 745 g/mol. The molecule has 5 nitrogen and oxygen atoms in total. The Morgan fingerprint density at radius 3 is 2.10 bits per heavy atom. The fourth-order valence-corrected chi connectivity index (χ4v) is 8.92. The number of hydrogen-bond donors (Lipinski definition) is 0. The number of benzene rings is 8. The zero-order valence-corrected chi connectivity index (χ0v) is 32.7. The van der Waals surface area contributed by atoms with E-state index in [-0.39, 0.29) is 29.7 Å². The molecule has 0 aliphatic carbocycles. The van der Waals surface area contributed by atoms with Gasteiger partial charge in [-0.25, -0.2) is 4.98 Å². The highest BCUT2D eigenvalue weighted by molar-refractivity contribution is 6.10. The number of fused-ring (bicyclic) bond motifs is 5. The molecule has 12 aromatic rings. The first-order valence-corrected chi connectivity index (χ1v) is 20.2. The van der Waals surface area contributed by atoms with Crippen LogP contribution in [0.2, 0.25) is 0 Å². The largest absolute Gasteiger partial charge is 0.464 e. The fourth-order valence-electron chi connectivity index (χ4n) is 8.92. The van der Waals surface area contributed by atoms with Crippen molar-refractivity contribution in [2.45, 2.75) is 0 Å². The first-order chi connectivity index (χ1) is 32.3. The smallest absolute Gasteiger partial charge is 0.255 e. The minimum atomic E-state index is -0.429. The molecule has 0 saturated heterocycles. The molecule has 61 heavy (non-hydrogen) atoms. The van der Waals surface area contributed by atoms with Crippen LogP contribution in [0, 0.1) is 0 Å². The van der Waals surface area contributed by atoms with Crippen molar-refractivity contribution in [3.63, 3.8) is 0 Å². The number of imidazole rings is 1. The van der Waals surface area contributed by atoms with Gasteiger partial charge in [0.25, 0.3) is 6.33 Å². The molecule has 0 fully saturated rings. The average Bonchev–Trinajstić information content (AvgIpc) is 4.09. The summed E-state index contributed by atoms with van der Waals surface area (Å²) in [5, 5.41) is 3.28. The standard InChI is InChI=1S/C56H37N4O/c1-3-15-38(16-4-1)44-22-14-23-45(39-17-5-2-6-18-39)56(44)59-37-58(51-25-9-10-26-52(51)59)43-20-13-19-40(33-43)48-34-42-30-32-61-54(42)36-49(48)41-28-29-47-46-21-7-8-24-50(46)60(53(47)35-41)55-27-11-12-31-57-55/h1-37H/q+1/i1D,3D,4D,15D,16D. The molecule has 5 heteroatoms. The Bertz CT molecular complexity index is 3860. The fraction of sp³-hybridized carbons (Fsp3) is 0. The summed E-state index contributed by atoms with van der Waals surface area (Å²) in [4.78, 5) is 4.77. The highest BCUT2D eigenvalue weighted by Crippen LogP contribution is 2.41. The summed E-state index contributed by atoms with van der Waals surface area (Å²) < 4.78 is 56.1. The quantitative estimate of drug-likeness (QED) is 0.151. The highest BCUT2D eigenvalue weighted by Gasteiger charge is 2.25. The lowest BCUT2D eigenvalue weighted by Crippen LogP contribution is -2.30. The summed E-state index contributed by atoms with van der Waals surface area (Å²) in [6.45, 7) is 0. The van der Waals surface area contributed by atoms with Crippen LogP contribution in [0.25, 0.3) is 106 Å². The molecule has 0 aliphatic heterocycles. The van der Waals surface area contributed by atoms with Crippen LogP contribution in [-0.2, 0) is 0 Å². The minimum absolute atomic E-state index is 0.140. The van der Waals surface area contributed by atoms with Gasteiger partial charge in [0.2, 0.25) is 0 Å². The Hall–Kier alpha value is -8.28. The predicted molar refractivity (Wildman–Crippen MR) is 248 cm³/mol. The predicted octanol–water partition coefficient (Wildman–Crippen LogP) is 13.8. The number of hydrogen-bond acceptors (Lipinski definition) is 2. The molecule has 0 amide bonds. The van der Waals surface area contributed by atoms with Gasteiger partial charge in [0.1, 0.15) is 22.8 Å². The van der Waals surface area contributed by atoms with E-state index in [0.29, 0.717) is 11.3 Å². The molecule has 0 radical (unpaired) electrons. The van der Waals surface area contributed by atoms with Crippen LogP contribution in [0.15, 0.2) is 229 Å². The van der Waals surface area contributed by atoms with E-state index in [1.54, 1.807) is 6.26 Å². The SMILES string of the molecule is [2H]c1c([2H])c([2H])c(-c2cccc(-c3ccccc3)c2-[n+]2cn(-c3cccc(-c4cc5ccoc5cc4-c4ccc5c6ccccc6n(-c6ccccn6)c5c4)c3)c3ccccc32)c([2H])c1[2H]. The highest BCUT2D eigenvalue weighted by atomic mass is 16.3. The molecule has 12 rings (SSSR count). The van der Waals surface area contributed by atoms with Gasteiger partial charge in [0.15, 0.2) is 11.0 Å². The van der Waals surface area contributed by atoms with Crippen molar-refractivity contribution in [2.24, 2.45) is 0 Å². The van der Waals surface area contributed by atoms with E-state index in [0.717, 1.165) is 88.7 Å². The number of aromatic nitrogens is 4. The lowest BCUT2D eigenvalue weighted by molar-refractivity contribution is -0.566. The van der Waals surface area contributed by atoms with Gasteiger partial charge in [-0.05, 0) is 100 Å². The van der Waals surface area contributed by atoms with Crippen molar-refractivity contribution in [2.75, 3.05) is 0 Å². The van der Waals surface area contributed by atoms with Crippen molar-refractivity contribution < 1.29 is 15.8 Å². The molecule has 4 heterocycles. The Balaban J connectivity index is 1.06. The number of pyridine rings is 1. The molecule has 0 bridgehead atoms. The van der Waals surface area contributed by atoms with E-state index in [9.17, 15) is 0 Å². The summed E-state index contributed by atoms with van der Waals surface area (Å²) in [6.07, 6.45) is 5.59. The zero-order chi connectivity index (χ0) is 44.6. The average molecular weight is 787 g/mol. The van der Waals surface area contributed by atoms with Crippen molar-refractivity contribution in [3.8, 4) is 61.7 Å². The van der Waals surface area contributed by atoms with Gasteiger partial charge in [0, 0.05) is 33.5 Å². The minimum Gasteiger partial charge on any atom is -0.464 e. The van der Waals surface area contributed by atoms with Crippen molar-refractivity contribution in [3.05, 3.63) is 225 Å². The monoisotopic (exact) mass is 786 g/mol. The van der Waals surface area contributed by atoms with E-state index in [4.69, 9.17) is 16.3 Å². The Morgan fingerprint density at radius 1 is 0.508 bits per heavy atom.